The topological polar surface area (TPSA) is 75.6 Å². The first kappa shape index (κ1) is 10.1. The van der Waals surface area contributed by atoms with E-state index in [9.17, 15) is 0 Å². The van der Waals surface area contributed by atoms with Crippen LogP contribution in [0.4, 0.5) is 0 Å². The molecule has 3 rings (SSSR count). The molecule has 7 heteroatoms. The molecule has 3 aromatic rings. The lowest BCUT2D eigenvalue weighted by molar-refractivity contribution is 0.433. The van der Waals surface area contributed by atoms with Crippen LogP contribution in [0.2, 0.25) is 0 Å². The highest BCUT2D eigenvalue weighted by atomic mass is 32.1. The lowest BCUT2D eigenvalue weighted by Crippen LogP contribution is -1.78. The molecule has 0 atom stereocenters. The number of hydrogen-bond acceptors (Lipinski definition) is 7. The maximum atomic E-state index is 8.74. The molecule has 0 bridgehead atoms. The molecule has 0 saturated heterocycles. The van der Waals surface area contributed by atoms with Gasteiger partial charge in [-0.25, -0.2) is 4.98 Å². The number of thiazole rings is 1. The number of aromatic nitrogens is 3. The van der Waals surface area contributed by atoms with Gasteiger partial charge in [-0.1, -0.05) is 5.16 Å². The van der Waals surface area contributed by atoms with Crippen molar-refractivity contribution in [1.29, 1.82) is 5.26 Å². The average molecular weight is 260 g/mol. The molecule has 82 valence electrons. The number of rotatable bonds is 2. The Hall–Kier alpha value is -2.04. The maximum Gasteiger partial charge on any atom is 0.268 e. The fraction of sp³-hybridized carbons (Fsp3) is 0. The van der Waals surface area contributed by atoms with Crippen LogP contribution in [0.5, 0.6) is 0 Å². The van der Waals surface area contributed by atoms with Crippen molar-refractivity contribution in [2.75, 3.05) is 0 Å². The molecule has 0 amide bonds. The highest BCUT2D eigenvalue weighted by Crippen LogP contribution is 2.27. The van der Waals surface area contributed by atoms with Crippen molar-refractivity contribution in [3.8, 4) is 28.4 Å². The van der Waals surface area contributed by atoms with Gasteiger partial charge in [-0.2, -0.15) is 10.2 Å². The molecule has 0 radical (unpaired) electrons. The molecular formula is C10H4N4OS2. The molecule has 5 nitrogen and oxygen atoms in total. The van der Waals surface area contributed by atoms with E-state index in [1.54, 1.807) is 17.6 Å². The predicted octanol–water partition coefficient (Wildman–Crippen LogP) is 2.79. The van der Waals surface area contributed by atoms with Crippen molar-refractivity contribution in [2.45, 2.75) is 0 Å². The molecule has 0 aliphatic heterocycles. The van der Waals surface area contributed by atoms with Gasteiger partial charge in [-0.05, 0) is 12.1 Å². The molecule has 0 saturated carbocycles. The number of nitrogens with zero attached hydrogens (tertiary/aromatic N) is 4. The third-order valence-corrected chi connectivity index (χ3v) is 3.58. The molecule has 17 heavy (non-hydrogen) atoms. The second-order valence-corrected chi connectivity index (χ2v) is 4.87. The van der Waals surface area contributed by atoms with E-state index in [1.165, 1.54) is 22.7 Å². The van der Waals surface area contributed by atoms with Crippen LogP contribution in [-0.4, -0.2) is 15.1 Å². The van der Waals surface area contributed by atoms with Crippen molar-refractivity contribution >= 4 is 22.7 Å². The third kappa shape index (κ3) is 1.84. The second kappa shape index (κ2) is 4.08. The molecule has 0 unspecified atom stereocenters. The molecule has 0 aromatic carbocycles. The van der Waals surface area contributed by atoms with Gasteiger partial charge in [0, 0.05) is 5.38 Å². The Morgan fingerprint density at radius 2 is 2.29 bits per heavy atom. The zero-order chi connectivity index (χ0) is 11.7. The third-order valence-electron chi connectivity index (χ3n) is 2.01. The van der Waals surface area contributed by atoms with Crippen molar-refractivity contribution < 1.29 is 4.52 Å². The summed E-state index contributed by atoms with van der Waals surface area (Å²) in [6.07, 6.45) is 0. The maximum absolute atomic E-state index is 8.74. The number of thiophene rings is 1. The minimum absolute atomic E-state index is 0.416. The standard InChI is InChI=1S/C10H4N4OS2/c11-3-6-1-2-8(17-6)10-13-9(14-15-10)7-4-16-5-12-7/h1-2,4-5H. The highest BCUT2D eigenvalue weighted by molar-refractivity contribution is 7.15. The minimum Gasteiger partial charge on any atom is -0.333 e. The zero-order valence-corrected chi connectivity index (χ0v) is 9.96. The molecule has 0 aliphatic carbocycles. The Labute approximate surface area is 104 Å². The summed E-state index contributed by atoms with van der Waals surface area (Å²) in [5.74, 6) is 0.882. The predicted molar refractivity (Wildman–Crippen MR) is 63.4 cm³/mol. The minimum atomic E-state index is 0.416. The SMILES string of the molecule is N#Cc1ccc(-c2nc(-c3cscn3)no2)s1. The van der Waals surface area contributed by atoms with Crippen LogP contribution in [0.25, 0.3) is 22.3 Å². The Kier molecular flexibility index (Phi) is 2.44. The van der Waals surface area contributed by atoms with E-state index in [-0.39, 0.29) is 0 Å². The molecule has 0 N–H and O–H groups in total. The van der Waals surface area contributed by atoms with Gasteiger partial charge in [0.2, 0.25) is 5.82 Å². The van der Waals surface area contributed by atoms with E-state index < -0.39 is 0 Å². The summed E-state index contributed by atoms with van der Waals surface area (Å²) < 4.78 is 5.14. The zero-order valence-electron chi connectivity index (χ0n) is 8.32. The Morgan fingerprint density at radius 3 is 3.00 bits per heavy atom. The van der Waals surface area contributed by atoms with E-state index in [1.807, 2.05) is 5.38 Å². The fourth-order valence-corrected chi connectivity index (χ4v) is 2.52. The van der Waals surface area contributed by atoms with Gasteiger partial charge in [0.25, 0.3) is 5.89 Å². The molecule has 3 aromatic heterocycles. The van der Waals surface area contributed by atoms with Crippen LogP contribution in [0.1, 0.15) is 4.88 Å². The number of hydrogen-bond donors (Lipinski definition) is 0. The Bertz CT molecular complexity index is 677. The molecular weight excluding hydrogens is 256 g/mol. The lowest BCUT2D eigenvalue weighted by Gasteiger charge is -1.83. The first-order valence-electron chi connectivity index (χ1n) is 4.59. The quantitative estimate of drug-likeness (QED) is 0.708. The molecule has 0 fully saturated rings. The molecule has 3 heterocycles. The Morgan fingerprint density at radius 1 is 1.35 bits per heavy atom. The smallest absolute Gasteiger partial charge is 0.268 e. The average Bonchev–Trinajstić information content (AvgIpc) is 3.09. The van der Waals surface area contributed by atoms with Gasteiger partial charge in [0.15, 0.2) is 0 Å². The normalized spacial score (nSPS) is 10.3. The van der Waals surface area contributed by atoms with Gasteiger partial charge < -0.3 is 4.52 Å². The Balaban J connectivity index is 1.98. The van der Waals surface area contributed by atoms with E-state index in [4.69, 9.17) is 9.78 Å². The van der Waals surface area contributed by atoms with Crippen molar-refractivity contribution in [3.05, 3.63) is 27.9 Å². The fourth-order valence-electron chi connectivity index (χ4n) is 1.26. The van der Waals surface area contributed by atoms with Crippen molar-refractivity contribution in [2.24, 2.45) is 0 Å². The molecule has 0 spiro atoms. The first-order valence-corrected chi connectivity index (χ1v) is 6.35. The first-order chi connectivity index (χ1) is 8.36. The van der Waals surface area contributed by atoms with Crippen molar-refractivity contribution in [1.82, 2.24) is 15.1 Å². The summed E-state index contributed by atoms with van der Waals surface area (Å²) in [7, 11) is 0. The second-order valence-electron chi connectivity index (χ2n) is 3.07. The van der Waals surface area contributed by atoms with E-state index in [0.717, 1.165) is 4.88 Å². The summed E-state index contributed by atoms with van der Waals surface area (Å²) in [4.78, 5) is 9.74. The monoisotopic (exact) mass is 260 g/mol. The van der Waals surface area contributed by atoms with Crippen LogP contribution in [0.3, 0.4) is 0 Å². The van der Waals surface area contributed by atoms with Gasteiger partial charge in [0.05, 0.1) is 10.4 Å². The number of nitriles is 1. The van der Waals surface area contributed by atoms with Crippen molar-refractivity contribution in [3.63, 3.8) is 0 Å². The highest BCUT2D eigenvalue weighted by Gasteiger charge is 2.13. The van der Waals surface area contributed by atoms with Gasteiger partial charge >= 0.3 is 0 Å². The van der Waals surface area contributed by atoms with Crippen LogP contribution >= 0.6 is 22.7 Å². The summed E-state index contributed by atoms with van der Waals surface area (Å²) in [6, 6.07) is 5.59. The largest absolute Gasteiger partial charge is 0.333 e. The van der Waals surface area contributed by atoms with Gasteiger partial charge in [-0.15, -0.1) is 22.7 Å². The van der Waals surface area contributed by atoms with E-state index in [2.05, 4.69) is 21.2 Å². The van der Waals surface area contributed by atoms with E-state index >= 15 is 0 Å². The van der Waals surface area contributed by atoms with Crippen LogP contribution < -0.4 is 0 Å². The summed E-state index contributed by atoms with van der Waals surface area (Å²) in [5.41, 5.74) is 2.41. The van der Waals surface area contributed by atoms with Gasteiger partial charge in [-0.3, -0.25) is 0 Å². The van der Waals surface area contributed by atoms with Crippen LogP contribution in [0, 0.1) is 11.3 Å². The van der Waals surface area contributed by atoms with E-state index in [0.29, 0.717) is 22.3 Å². The summed E-state index contributed by atoms with van der Waals surface area (Å²) in [5, 5.41) is 14.4. The van der Waals surface area contributed by atoms with Gasteiger partial charge in [0.1, 0.15) is 16.6 Å². The van der Waals surface area contributed by atoms with Crippen LogP contribution in [0.15, 0.2) is 27.5 Å². The lowest BCUT2D eigenvalue weighted by atomic mass is 10.4. The molecule has 0 aliphatic rings. The summed E-state index contributed by atoms with van der Waals surface area (Å²) >= 11 is 2.80. The summed E-state index contributed by atoms with van der Waals surface area (Å²) in [6.45, 7) is 0. The van der Waals surface area contributed by atoms with Crippen LogP contribution in [-0.2, 0) is 0 Å².